The summed E-state index contributed by atoms with van der Waals surface area (Å²) in [5.41, 5.74) is 1.09. The van der Waals surface area contributed by atoms with E-state index in [-0.39, 0.29) is 0 Å². The Balaban J connectivity index is 1.84. The molecule has 84 valence electrons. The fourth-order valence-electron chi connectivity index (χ4n) is 1.25. The van der Waals surface area contributed by atoms with Crippen LogP contribution in [-0.4, -0.2) is 21.5 Å². The van der Waals surface area contributed by atoms with Crippen LogP contribution in [0.5, 0.6) is 0 Å². The first-order chi connectivity index (χ1) is 7.74. The second-order valence-corrected chi connectivity index (χ2v) is 5.04. The van der Waals surface area contributed by atoms with Crippen LogP contribution in [0.25, 0.3) is 0 Å². The molecule has 0 radical (unpaired) electrons. The average molecular weight is 299 g/mol. The van der Waals surface area contributed by atoms with E-state index in [4.69, 9.17) is 0 Å². The third-order valence-corrected chi connectivity index (χ3v) is 3.41. The van der Waals surface area contributed by atoms with Gasteiger partial charge in [-0.2, -0.15) is 0 Å². The van der Waals surface area contributed by atoms with Crippen LogP contribution in [0.15, 0.2) is 22.4 Å². The number of aryl methyl sites for hydroxylation is 1. The second-order valence-electron chi connectivity index (χ2n) is 3.29. The summed E-state index contributed by atoms with van der Waals surface area (Å²) in [6.45, 7) is 2.84. The quantitative estimate of drug-likeness (QED) is 0.882. The molecule has 4 nitrogen and oxygen atoms in total. The molecule has 0 aliphatic rings. The third-order valence-electron chi connectivity index (χ3n) is 1.95. The Morgan fingerprint density at radius 1 is 1.44 bits per heavy atom. The van der Waals surface area contributed by atoms with E-state index in [1.165, 1.54) is 6.33 Å². The first kappa shape index (κ1) is 11.5. The summed E-state index contributed by atoms with van der Waals surface area (Å²) < 4.78 is 0.787. The average Bonchev–Trinajstić information content (AvgIpc) is 2.64. The predicted octanol–water partition coefficient (Wildman–Crippen LogP) is 2.66. The smallest absolute Gasteiger partial charge is 0.130 e. The Hall–Kier alpha value is -1.01. The molecule has 6 heteroatoms. The fourth-order valence-corrected chi connectivity index (χ4v) is 2.33. The SMILES string of the molecule is Cc1csc(CCNc2cc(Br)ncn2)n1. The zero-order valence-electron chi connectivity index (χ0n) is 8.77. The van der Waals surface area contributed by atoms with Crippen molar-refractivity contribution in [3.05, 3.63) is 33.1 Å². The number of thiazole rings is 1. The predicted molar refractivity (Wildman–Crippen MR) is 68.8 cm³/mol. The van der Waals surface area contributed by atoms with Gasteiger partial charge in [-0.25, -0.2) is 15.0 Å². The number of anilines is 1. The van der Waals surface area contributed by atoms with Crippen LogP contribution in [0, 0.1) is 6.92 Å². The van der Waals surface area contributed by atoms with Crippen LogP contribution in [-0.2, 0) is 6.42 Å². The Labute approximate surface area is 106 Å². The minimum Gasteiger partial charge on any atom is -0.370 e. The molecule has 0 aliphatic carbocycles. The van der Waals surface area contributed by atoms with E-state index in [1.807, 2.05) is 13.0 Å². The van der Waals surface area contributed by atoms with Crippen LogP contribution < -0.4 is 5.32 Å². The monoisotopic (exact) mass is 298 g/mol. The first-order valence-electron chi connectivity index (χ1n) is 4.86. The van der Waals surface area contributed by atoms with E-state index >= 15 is 0 Å². The lowest BCUT2D eigenvalue weighted by atomic mass is 10.4. The Kier molecular flexibility index (Phi) is 3.84. The van der Waals surface area contributed by atoms with Gasteiger partial charge in [-0.15, -0.1) is 11.3 Å². The molecule has 0 fully saturated rings. The van der Waals surface area contributed by atoms with E-state index in [1.54, 1.807) is 11.3 Å². The molecular weight excluding hydrogens is 288 g/mol. The van der Waals surface area contributed by atoms with Gasteiger partial charge in [0.1, 0.15) is 16.7 Å². The molecule has 0 amide bonds. The van der Waals surface area contributed by atoms with Crippen molar-refractivity contribution in [2.24, 2.45) is 0 Å². The highest BCUT2D eigenvalue weighted by Crippen LogP contribution is 2.11. The number of nitrogens with one attached hydrogen (secondary N) is 1. The largest absolute Gasteiger partial charge is 0.370 e. The van der Waals surface area contributed by atoms with Crippen molar-refractivity contribution in [3.8, 4) is 0 Å². The van der Waals surface area contributed by atoms with Crippen molar-refractivity contribution in [2.75, 3.05) is 11.9 Å². The molecule has 0 saturated heterocycles. The van der Waals surface area contributed by atoms with Gasteiger partial charge in [-0.3, -0.25) is 0 Å². The Morgan fingerprint density at radius 2 is 2.31 bits per heavy atom. The normalized spacial score (nSPS) is 10.4. The molecule has 0 unspecified atom stereocenters. The lowest BCUT2D eigenvalue weighted by Gasteiger charge is -2.03. The lowest BCUT2D eigenvalue weighted by molar-refractivity contribution is 0.972. The van der Waals surface area contributed by atoms with Crippen molar-refractivity contribution in [2.45, 2.75) is 13.3 Å². The van der Waals surface area contributed by atoms with Gasteiger partial charge in [0.15, 0.2) is 0 Å². The second kappa shape index (κ2) is 5.36. The highest BCUT2D eigenvalue weighted by molar-refractivity contribution is 9.10. The molecule has 2 heterocycles. The molecule has 0 aliphatic heterocycles. The van der Waals surface area contributed by atoms with Crippen molar-refractivity contribution < 1.29 is 0 Å². The summed E-state index contributed by atoms with van der Waals surface area (Å²) in [6.07, 6.45) is 2.44. The lowest BCUT2D eigenvalue weighted by Crippen LogP contribution is -2.06. The molecule has 2 aromatic rings. The molecule has 0 atom stereocenters. The maximum atomic E-state index is 4.40. The van der Waals surface area contributed by atoms with Crippen molar-refractivity contribution in [1.29, 1.82) is 0 Å². The van der Waals surface area contributed by atoms with Crippen LogP contribution in [0.1, 0.15) is 10.7 Å². The maximum Gasteiger partial charge on any atom is 0.130 e. The van der Waals surface area contributed by atoms with E-state index in [0.717, 1.165) is 34.1 Å². The number of hydrogen-bond donors (Lipinski definition) is 1. The van der Waals surface area contributed by atoms with Crippen LogP contribution in [0.2, 0.25) is 0 Å². The minimum absolute atomic E-state index is 0.787. The van der Waals surface area contributed by atoms with E-state index in [0.29, 0.717) is 0 Å². The topological polar surface area (TPSA) is 50.7 Å². The molecule has 1 N–H and O–H groups in total. The standard InChI is InChI=1S/C10H11BrN4S/c1-7-5-16-10(15-7)2-3-12-9-4-8(11)13-6-14-9/h4-6H,2-3H2,1H3,(H,12,13,14). The van der Waals surface area contributed by atoms with Crippen molar-refractivity contribution >= 4 is 33.1 Å². The first-order valence-corrected chi connectivity index (χ1v) is 6.54. The molecule has 2 rings (SSSR count). The Bertz CT molecular complexity index is 471. The summed E-state index contributed by atoms with van der Waals surface area (Å²) in [5, 5.41) is 6.45. The molecule has 0 spiro atoms. The summed E-state index contributed by atoms with van der Waals surface area (Å²) in [6, 6.07) is 1.85. The molecule has 0 saturated carbocycles. The molecule has 2 aromatic heterocycles. The summed E-state index contributed by atoms with van der Waals surface area (Å²) >= 11 is 5.00. The number of aromatic nitrogens is 3. The summed E-state index contributed by atoms with van der Waals surface area (Å²) in [5.74, 6) is 0.829. The zero-order valence-corrected chi connectivity index (χ0v) is 11.2. The van der Waals surface area contributed by atoms with Gasteiger partial charge < -0.3 is 5.32 Å². The minimum atomic E-state index is 0.787. The van der Waals surface area contributed by atoms with Crippen LogP contribution in [0.4, 0.5) is 5.82 Å². The fraction of sp³-hybridized carbons (Fsp3) is 0.300. The van der Waals surface area contributed by atoms with Gasteiger partial charge in [0.05, 0.1) is 5.01 Å². The maximum absolute atomic E-state index is 4.40. The van der Waals surface area contributed by atoms with E-state index in [2.05, 4.69) is 41.6 Å². The molecule has 16 heavy (non-hydrogen) atoms. The molecule has 0 aromatic carbocycles. The zero-order chi connectivity index (χ0) is 11.4. The van der Waals surface area contributed by atoms with Gasteiger partial charge in [-0.1, -0.05) is 0 Å². The van der Waals surface area contributed by atoms with Gasteiger partial charge in [0.25, 0.3) is 0 Å². The van der Waals surface area contributed by atoms with Gasteiger partial charge >= 0.3 is 0 Å². The third kappa shape index (κ3) is 3.24. The van der Waals surface area contributed by atoms with Gasteiger partial charge in [0.2, 0.25) is 0 Å². The van der Waals surface area contributed by atoms with E-state index < -0.39 is 0 Å². The van der Waals surface area contributed by atoms with Gasteiger partial charge in [0, 0.05) is 30.1 Å². The van der Waals surface area contributed by atoms with Crippen molar-refractivity contribution in [3.63, 3.8) is 0 Å². The summed E-state index contributed by atoms with van der Waals surface area (Å²) in [7, 11) is 0. The van der Waals surface area contributed by atoms with E-state index in [9.17, 15) is 0 Å². The van der Waals surface area contributed by atoms with Crippen LogP contribution in [0.3, 0.4) is 0 Å². The number of rotatable bonds is 4. The Morgan fingerprint density at radius 3 is 3.00 bits per heavy atom. The summed E-state index contributed by atoms with van der Waals surface area (Å²) in [4.78, 5) is 12.5. The molecular formula is C10H11BrN4S. The number of halogens is 1. The van der Waals surface area contributed by atoms with Crippen LogP contribution >= 0.6 is 27.3 Å². The van der Waals surface area contributed by atoms with Gasteiger partial charge in [-0.05, 0) is 22.9 Å². The number of nitrogens with zero attached hydrogens (tertiary/aromatic N) is 3. The highest BCUT2D eigenvalue weighted by Gasteiger charge is 1.99. The highest BCUT2D eigenvalue weighted by atomic mass is 79.9. The molecule has 0 bridgehead atoms. The number of hydrogen-bond acceptors (Lipinski definition) is 5. The van der Waals surface area contributed by atoms with Crippen molar-refractivity contribution in [1.82, 2.24) is 15.0 Å².